The Bertz CT molecular complexity index is 1090. The van der Waals surface area contributed by atoms with Crippen LogP contribution in [0.4, 0.5) is 0 Å². The Morgan fingerprint density at radius 3 is 0.929 bits per heavy atom. The molecule has 4 atom stereocenters. The van der Waals surface area contributed by atoms with Gasteiger partial charge in [-0.25, -0.2) is 0 Å². The molecule has 222 valence electrons. The molecule has 4 aromatic carbocycles. The van der Waals surface area contributed by atoms with Crippen LogP contribution in [0.2, 0.25) is 0 Å². The summed E-state index contributed by atoms with van der Waals surface area (Å²) < 4.78 is 0.280. The molecule has 0 saturated carbocycles. The molecule has 4 unspecified atom stereocenters. The molecule has 0 aliphatic rings. The molecule has 0 saturated heterocycles. The second-order valence-electron chi connectivity index (χ2n) is 9.31. The Kier molecular flexibility index (Phi) is 17.0. The summed E-state index contributed by atoms with van der Waals surface area (Å²) in [5, 5.41) is 0. The van der Waals surface area contributed by atoms with Crippen molar-refractivity contribution in [2.24, 2.45) is 0 Å². The van der Waals surface area contributed by atoms with Gasteiger partial charge in [0.2, 0.25) is 0 Å². The minimum absolute atomic E-state index is 0.140. The van der Waals surface area contributed by atoms with Gasteiger partial charge in [-0.1, -0.05) is 111 Å². The fraction of sp³-hybridized carbons (Fsp3) is 0.250. The van der Waals surface area contributed by atoms with Gasteiger partial charge < -0.3 is 0 Å². The molecule has 0 fully saturated rings. The van der Waals surface area contributed by atoms with Crippen LogP contribution in [0.25, 0.3) is 0 Å². The van der Waals surface area contributed by atoms with Crippen LogP contribution in [0.15, 0.2) is 141 Å². The van der Waals surface area contributed by atoms with Gasteiger partial charge in [0.15, 0.2) is 0 Å². The summed E-state index contributed by atoms with van der Waals surface area (Å²) in [6.07, 6.45) is 4.84. The SMILES string of the molecule is PPC(CCCSSCCCC(PP)(Sc1ccccc1)Sc1ccccc1)(Sc1ccccc1)Sc1ccccc1. The average Bonchev–Trinajstić information content (AvgIpc) is 3.04. The van der Waals surface area contributed by atoms with Gasteiger partial charge in [-0.15, -0.1) is 64.9 Å². The van der Waals surface area contributed by atoms with Gasteiger partial charge in [0, 0.05) is 31.1 Å². The van der Waals surface area contributed by atoms with Crippen molar-refractivity contribution < 1.29 is 0 Å². The van der Waals surface area contributed by atoms with E-state index in [1.807, 2.05) is 47.0 Å². The molecular formula is C32H38P4S6. The first kappa shape index (κ1) is 35.6. The molecule has 4 aromatic rings. The maximum atomic E-state index is 3.07. The largest absolute Gasteiger partial charge is 0.112 e. The number of rotatable bonds is 19. The van der Waals surface area contributed by atoms with E-state index in [9.17, 15) is 0 Å². The van der Waals surface area contributed by atoms with Gasteiger partial charge in [0.1, 0.15) is 0 Å². The molecule has 0 spiro atoms. The van der Waals surface area contributed by atoms with E-state index in [0.717, 1.165) is 16.5 Å². The maximum absolute atomic E-state index is 3.07. The fourth-order valence-electron chi connectivity index (χ4n) is 4.07. The first-order chi connectivity index (χ1) is 20.6. The van der Waals surface area contributed by atoms with Crippen molar-refractivity contribution in [1.29, 1.82) is 0 Å². The van der Waals surface area contributed by atoms with E-state index >= 15 is 0 Å². The molecule has 0 radical (unpaired) electrons. The van der Waals surface area contributed by atoms with Crippen LogP contribution in [0.3, 0.4) is 0 Å². The summed E-state index contributed by atoms with van der Waals surface area (Å²) in [6.45, 7) is 0. The first-order valence-corrected chi connectivity index (χ1v) is 25.2. The third-order valence-corrected chi connectivity index (χ3v) is 23.3. The average molecular weight is 739 g/mol. The zero-order chi connectivity index (χ0) is 29.4. The third kappa shape index (κ3) is 12.5. The Morgan fingerprint density at radius 1 is 0.429 bits per heavy atom. The Hall–Kier alpha value is 0.700. The third-order valence-electron chi connectivity index (χ3n) is 6.09. The highest BCUT2D eigenvalue weighted by atomic mass is 33.1. The van der Waals surface area contributed by atoms with Gasteiger partial charge in [0.05, 0.1) is 7.64 Å². The summed E-state index contributed by atoms with van der Waals surface area (Å²) in [5.41, 5.74) is 0. The van der Waals surface area contributed by atoms with Crippen molar-refractivity contribution in [1.82, 2.24) is 0 Å². The van der Waals surface area contributed by atoms with E-state index in [1.54, 1.807) is 0 Å². The summed E-state index contributed by atoms with van der Waals surface area (Å²) >= 11 is 8.17. The molecule has 0 bridgehead atoms. The van der Waals surface area contributed by atoms with E-state index in [1.165, 1.54) is 56.8 Å². The summed E-state index contributed by atoms with van der Waals surface area (Å²) in [7, 11) is 11.8. The van der Waals surface area contributed by atoms with E-state index in [-0.39, 0.29) is 7.64 Å². The van der Waals surface area contributed by atoms with Gasteiger partial charge in [0.25, 0.3) is 0 Å². The predicted octanol–water partition coefficient (Wildman–Crippen LogP) is 13.3. The van der Waals surface area contributed by atoms with Gasteiger partial charge in [-0.3, -0.25) is 0 Å². The van der Waals surface area contributed by atoms with Crippen molar-refractivity contribution in [3.05, 3.63) is 121 Å². The first-order valence-electron chi connectivity index (χ1n) is 13.8. The molecular weight excluding hydrogens is 701 g/mol. The van der Waals surface area contributed by atoms with Crippen LogP contribution in [-0.2, 0) is 0 Å². The number of hydrogen-bond acceptors (Lipinski definition) is 6. The molecule has 0 aliphatic carbocycles. The van der Waals surface area contributed by atoms with Crippen LogP contribution in [-0.4, -0.2) is 19.1 Å². The Labute approximate surface area is 286 Å². The zero-order valence-corrected chi connectivity index (χ0v) is 32.6. The van der Waals surface area contributed by atoms with E-state index < -0.39 is 0 Å². The molecule has 0 N–H and O–H groups in total. The highest BCUT2D eigenvalue weighted by Crippen LogP contribution is 2.62. The van der Waals surface area contributed by atoms with Crippen LogP contribution < -0.4 is 0 Å². The van der Waals surface area contributed by atoms with Crippen LogP contribution in [0.1, 0.15) is 25.7 Å². The second-order valence-corrected chi connectivity index (χ2v) is 23.5. The van der Waals surface area contributed by atoms with Crippen LogP contribution >= 0.6 is 103 Å². The standard InChI is InChI=1S/C32H38P4S6/c33-35-31(39-27-15-5-1-6-16-27,40-28-17-7-2-8-18-28)23-13-25-37-38-26-14-24-32(36-34,41-29-19-9-3-10-20-29)42-30-21-11-4-12-22-30/h1-12,15-22,35-36H,13-14,23-26,33-34H2. The quantitative estimate of drug-likeness (QED) is 0.0307. The number of benzene rings is 4. The lowest BCUT2D eigenvalue weighted by atomic mass is 10.4. The lowest BCUT2D eigenvalue weighted by molar-refractivity contribution is 0.849. The molecule has 0 nitrogen and oxygen atoms in total. The van der Waals surface area contributed by atoms with Gasteiger partial charge in [-0.05, 0) is 74.2 Å². The summed E-state index contributed by atoms with van der Waals surface area (Å²) in [6, 6.07) is 43.7. The smallest absolute Gasteiger partial charge is 0.0901 e. The summed E-state index contributed by atoms with van der Waals surface area (Å²) in [4.78, 5) is 5.44. The van der Waals surface area contributed by atoms with Crippen molar-refractivity contribution in [2.75, 3.05) is 11.5 Å². The predicted molar refractivity (Wildman–Crippen MR) is 214 cm³/mol. The van der Waals surface area contributed by atoms with Gasteiger partial charge in [-0.2, -0.15) is 0 Å². The van der Waals surface area contributed by atoms with Crippen LogP contribution in [0, 0.1) is 0 Å². The molecule has 0 amide bonds. The van der Waals surface area contributed by atoms with Crippen molar-refractivity contribution in [3.63, 3.8) is 0 Å². The maximum Gasteiger partial charge on any atom is 0.0901 e. The Balaban J connectivity index is 1.27. The van der Waals surface area contributed by atoms with E-state index in [0.29, 0.717) is 0 Å². The fourth-order valence-corrected chi connectivity index (χ4v) is 17.4. The molecule has 0 aliphatic heterocycles. The molecule has 42 heavy (non-hydrogen) atoms. The van der Waals surface area contributed by atoms with Gasteiger partial charge >= 0.3 is 0 Å². The molecule has 0 heterocycles. The minimum atomic E-state index is 0.140. The lowest BCUT2D eigenvalue weighted by Crippen LogP contribution is -2.13. The highest BCUT2D eigenvalue weighted by molar-refractivity contribution is 8.76. The van der Waals surface area contributed by atoms with Crippen molar-refractivity contribution in [3.8, 4) is 0 Å². The topological polar surface area (TPSA) is 0 Å². The van der Waals surface area contributed by atoms with Crippen LogP contribution in [0.5, 0.6) is 0 Å². The minimum Gasteiger partial charge on any atom is -0.112 e. The normalized spacial score (nSPS) is 12.5. The second kappa shape index (κ2) is 20.0. The van der Waals surface area contributed by atoms with E-state index in [2.05, 4.69) is 161 Å². The van der Waals surface area contributed by atoms with E-state index in [4.69, 9.17) is 0 Å². The number of hydrogen-bond donors (Lipinski definition) is 0. The lowest BCUT2D eigenvalue weighted by Gasteiger charge is -2.32. The molecule has 0 aromatic heterocycles. The number of thioether (sulfide) groups is 4. The Morgan fingerprint density at radius 2 is 0.690 bits per heavy atom. The van der Waals surface area contributed by atoms with Crippen molar-refractivity contribution in [2.45, 2.75) is 52.9 Å². The zero-order valence-electron chi connectivity index (χ0n) is 23.4. The highest BCUT2D eigenvalue weighted by Gasteiger charge is 2.32. The molecule has 4 rings (SSSR count). The monoisotopic (exact) mass is 738 g/mol. The molecule has 10 heteroatoms. The van der Waals surface area contributed by atoms with Crippen molar-refractivity contribution >= 4 is 103 Å². The summed E-state index contributed by atoms with van der Waals surface area (Å²) in [5.74, 6) is 2.39.